The molecule has 0 heterocycles. The number of rotatable bonds is 1. The van der Waals surface area contributed by atoms with Gasteiger partial charge in [-0.2, -0.15) is 0 Å². The summed E-state index contributed by atoms with van der Waals surface area (Å²) in [4.78, 5) is 11.4. The molecule has 0 aliphatic heterocycles. The number of ketones is 1. The Morgan fingerprint density at radius 2 is 2.06 bits per heavy atom. The first-order valence-corrected chi connectivity index (χ1v) is 5.99. The van der Waals surface area contributed by atoms with Gasteiger partial charge in [0.15, 0.2) is 5.78 Å². The first-order chi connectivity index (χ1) is 8.25. The third-order valence-corrected chi connectivity index (χ3v) is 3.42. The molecule has 1 heteroatoms. The van der Waals surface area contributed by atoms with E-state index in [1.807, 2.05) is 12.1 Å². The van der Waals surface area contributed by atoms with Gasteiger partial charge >= 0.3 is 0 Å². The van der Waals surface area contributed by atoms with E-state index in [4.69, 9.17) is 0 Å². The molecule has 0 amide bonds. The number of hydrogen-bond acceptors (Lipinski definition) is 1. The number of carbonyl (C=O) groups excluding carboxylic acids is 1. The van der Waals surface area contributed by atoms with Crippen LogP contribution < -0.4 is 0 Å². The molecule has 0 unspecified atom stereocenters. The fraction of sp³-hybridized carbons (Fsp3) is 0.188. The summed E-state index contributed by atoms with van der Waals surface area (Å²) in [5.41, 5.74) is 3.52. The van der Waals surface area contributed by atoms with E-state index in [9.17, 15) is 4.79 Å². The van der Waals surface area contributed by atoms with Crippen LogP contribution in [0, 0.1) is 0 Å². The molecule has 1 aliphatic rings. The van der Waals surface area contributed by atoms with Crippen LogP contribution in [0.3, 0.4) is 0 Å². The highest BCUT2D eigenvalue weighted by Crippen LogP contribution is 2.28. The molecule has 2 aromatic rings. The van der Waals surface area contributed by atoms with E-state index < -0.39 is 0 Å². The van der Waals surface area contributed by atoms with E-state index in [0.29, 0.717) is 0 Å². The smallest absolute Gasteiger partial charge is 0.159 e. The van der Waals surface area contributed by atoms with E-state index in [-0.39, 0.29) is 5.78 Å². The second-order valence-electron chi connectivity index (χ2n) is 4.57. The lowest BCUT2D eigenvalue weighted by molar-refractivity contribution is 0.101. The predicted octanol–water partition coefficient (Wildman–Crippen LogP) is 4.00. The number of benzene rings is 2. The molecule has 0 atom stereocenters. The third kappa shape index (κ3) is 1.68. The quantitative estimate of drug-likeness (QED) is 0.666. The Morgan fingerprint density at radius 3 is 2.88 bits per heavy atom. The molecule has 1 aliphatic carbocycles. The van der Waals surface area contributed by atoms with E-state index in [2.05, 4.69) is 30.4 Å². The van der Waals surface area contributed by atoms with Gasteiger partial charge in [0.05, 0.1) is 0 Å². The number of fused-ring (bicyclic) bond motifs is 3. The molecule has 0 saturated carbocycles. The maximum absolute atomic E-state index is 11.4. The summed E-state index contributed by atoms with van der Waals surface area (Å²) in [5.74, 6) is 0.125. The minimum Gasteiger partial charge on any atom is -0.295 e. The largest absolute Gasteiger partial charge is 0.295 e. The van der Waals surface area contributed by atoms with Gasteiger partial charge in [-0.15, -0.1) is 0 Å². The van der Waals surface area contributed by atoms with Gasteiger partial charge in [0.25, 0.3) is 0 Å². The molecular formula is C16H14O. The van der Waals surface area contributed by atoms with Crippen LogP contribution in [-0.4, -0.2) is 5.78 Å². The van der Waals surface area contributed by atoms with Crippen molar-refractivity contribution in [1.82, 2.24) is 0 Å². The number of allylic oxidation sites excluding steroid dienone is 1. The molecule has 0 radical (unpaired) electrons. The fourth-order valence-electron chi connectivity index (χ4n) is 2.47. The molecule has 3 rings (SSSR count). The minimum absolute atomic E-state index is 0.125. The Bertz CT molecular complexity index is 635. The van der Waals surface area contributed by atoms with Gasteiger partial charge in [-0.25, -0.2) is 0 Å². The maximum Gasteiger partial charge on any atom is 0.159 e. The lowest BCUT2D eigenvalue weighted by Crippen LogP contribution is -1.96. The Labute approximate surface area is 101 Å². The number of Topliss-reactive ketones (excluding diaryl/α,β-unsaturated/α-hetero) is 1. The summed E-state index contributed by atoms with van der Waals surface area (Å²) >= 11 is 0. The van der Waals surface area contributed by atoms with Gasteiger partial charge < -0.3 is 0 Å². The standard InChI is InChI=1S/C16H14O/c1-11(17)13-8-9-16-14(10-13)7-6-12-4-2-3-5-15(12)16/h3,5-10H,2,4H2,1H3. The molecule has 0 aromatic heterocycles. The van der Waals surface area contributed by atoms with Gasteiger partial charge in [-0.05, 0) is 47.7 Å². The Balaban J connectivity index is 2.29. The molecule has 84 valence electrons. The second-order valence-corrected chi connectivity index (χ2v) is 4.57. The van der Waals surface area contributed by atoms with E-state index >= 15 is 0 Å². The molecule has 0 bridgehead atoms. The summed E-state index contributed by atoms with van der Waals surface area (Å²) < 4.78 is 0. The van der Waals surface area contributed by atoms with Crippen molar-refractivity contribution >= 4 is 22.6 Å². The van der Waals surface area contributed by atoms with Crippen LogP contribution in [0.1, 0.15) is 34.8 Å². The number of aryl methyl sites for hydroxylation is 1. The number of hydrogen-bond donors (Lipinski definition) is 0. The van der Waals surface area contributed by atoms with Gasteiger partial charge in [-0.3, -0.25) is 4.79 Å². The lowest BCUT2D eigenvalue weighted by atomic mass is 9.91. The average Bonchev–Trinajstić information content (AvgIpc) is 2.38. The molecule has 0 spiro atoms. The molecule has 2 aromatic carbocycles. The van der Waals surface area contributed by atoms with Crippen molar-refractivity contribution in [2.24, 2.45) is 0 Å². The van der Waals surface area contributed by atoms with Gasteiger partial charge in [0, 0.05) is 5.56 Å². The normalized spacial score (nSPS) is 13.7. The van der Waals surface area contributed by atoms with E-state index in [0.717, 1.165) is 23.8 Å². The molecule has 0 fully saturated rings. The summed E-state index contributed by atoms with van der Waals surface area (Å²) in [6, 6.07) is 10.3. The zero-order valence-electron chi connectivity index (χ0n) is 9.86. The van der Waals surface area contributed by atoms with Gasteiger partial charge in [0.1, 0.15) is 0 Å². The maximum atomic E-state index is 11.4. The van der Waals surface area contributed by atoms with Crippen LogP contribution in [0.4, 0.5) is 0 Å². The first kappa shape index (κ1) is 10.3. The molecule has 0 saturated heterocycles. The van der Waals surface area contributed by atoms with Crippen LogP contribution in [0.15, 0.2) is 36.4 Å². The van der Waals surface area contributed by atoms with Crippen molar-refractivity contribution in [3.63, 3.8) is 0 Å². The van der Waals surface area contributed by atoms with Crippen LogP contribution in [0.2, 0.25) is 0 Å². The second kappa shape index (κ2) is 3.85. The average molecular weight is 222 g/mol. The van der Waals surface area contributed by atoms with Crippen LogP contribution in [-0.2, 0) is 6.42 Å². The molecule has 17 heavy (non-hydrogen) atoms. The highest BCUT2D eigenvalue weighted by atomic mass is 16.1. The fourth-order valence-corrected chi connectivity index (χ4v) is 2.47. The highest BCUT2D eigenvalue weighted by molar-refractivity contribution is 6.00. The van der Waals surface area contributed by atoms with Crippen molar-refractivity contribution in [3.8, 4) is 0 Å². The van der Waals surface area contributed by atoms with Gasteiger partial charge in [0.2, 0.25) is 0 Å². The topological polar surface area (TPSA) is 17.1 Å². The van der Waals surface area contributed by atoms with Crippen LogP contribution in [0.25, 0.3) is 16.8 Å². The number of carbonyl (C=O) groups is 1. The van der Waals surface area contributed by atoms with Crippen LogP contribution >= 0.6 is 0 Å². The zero-order chi connectivity index (χ0) is 11.8. The monoisotopic (exact) mass is 222 g/mol. The highest BCUT2D eigenvalue weighted by Gasteiger charge is 2.09. The predicted molar refractivity (Wildman–Crippen MR) is 71.3 cm³/mol. The Hall–Kier alpha value is -1.89. The molecular weight excluding hydrogens is 208 g/mol. The van der Waals surface area contributed by atoms with Crippen molar-refractivity contribution in [2.45, 2.75) is 19.8 Å². The van der Waals surface area contributed by atoms with E-state index in [1.165, 1.54) is 16.5 Å². The summed E-state index contributed by atoms with van der Waals surface area (Å²) in [6.45, 7) is 1.61. The summed E-state index contributed by atoms with van der Waals surface area (Å²) in [5, 5.41) is 2.41. The Morgan fingerprint density at radius 1 is 1.18 bits per heavy atom. The third-order valence-electron chi connectivity index (χ3n) is 3.42. The zero-order valence-corrected chi connectivity index (χ0v) is 9.86. The van der Waals surface area contributed by atoms with Gasteiger partial charge in [-0.1, -0.05) is 36.4 Å². The van der Waals surface area contributed by atoms with Crippen molar-refractivity contribution < 1.29 is 4.79 Å². The SMILES string of the molecule is CC(=O)c1ccc2c3c(ccc2c1)CCC=C3. The van der Waals surface area contributed by atoms with Crippen molar-refractivity contribution in [3.05, 3.63) is 53.1 Å². The summed E-state index contributed by atoms with van der Waals surface area (Å²) in [7, 11) is 0. The van der Waals surface area contributed by atoms with Crippen molar-refractivity contribution in [2.75, 3.05) is 0 Å². The first-order valence-electron chi connectivity index (χ1n) is 5.99. The molecule has 0 N–H and O–H groups in total. The summed E-state index contributed by atoms with van der Waals surface area (Å²) in [6.07, 6.45) is 6.68. The van der Waals surface area contributed by atoms with E-state index in [1.54, 1.807) is 6.92 Å². The minimum atomic E-state index is 0.125. The Kier molecular flexibility index (Phi) is 2.32. The molecule has 1 nitrogen and oxygen atoms in total. The lowest BCUT2D eigenvalue weighted by Gasteiger charge is -2.13. The van der Waals surface area contributed by atoms with Crippen LogP contribution in [0.5, 0.6) is 0 Å². The van der Waals surface area contributed by atoms with Crippen molar-refractivity contribution in [1.29, 1.82) is 0 Å².